The summed E-state index contributed by atoms with van der Waals surface area (Å²) in [5, 5.41) is 10.6. The Balaban J connectivity index is 2.64. The first-order valence-corrected chi connectivity index (χ1v) is 7.97. The van der Waals surface area contributed by atoms with Gasteiger partial charge >= 0.3 is 5.97 Å². The number of carboxylic acids is 1. The fourth-order valence-corrected chi connectivity index (χ4v) is 2.67. The molecule has 0 aliphatic rings. The predicted molar refractivity (Wildman–Crippen MR) is 85.0 cm³/mol. The summed E-state index contributed by atoms with van der Waals surface area (Å²) in [7, 11) is 1.57. The molecule has 0 bridgehead atoms. The predicted octanol–water partition coefficient (Wildman–Crippen LogP) is 1.78. The van der Waals surface area contributed by atoms with E-state index >= 15 is 0 Å². The highest BCUT2D eigenvalue weighted by Gasteiger charge is 2.21. The summed E-state index contributed by atoms with van der Waals surface area (Å²) in [6.07, 6.45) is -0.0962. The molecule has 0 radical (unpaired) electrons. The van der Waals surface area contributed by atoms with Gasteiger partial charge in [-0.05, 0) is 17.4 Å². The van der Waals surface area contributed by atoms with Crippen molar-refractivity contribution in [2.75, 3.05) is 26.7 Å². The molecule has 1 aromatic rings. The highest BCUT2D eigenvalue weighted by Crippen LogP contribution is 2.11. The molecule has 1 N–H and O–H groups in total. The number of hydrogen-bond donors (Lipinski definition) is 1. The molecule has 2 amide bonds. The average molecular weight is 326 g/mol. The number of amides is 2. The second-order valence-electron chi connectivity index (χ2n) is 5.52. The van der Waals surface area contributed by atoms with Crippen LogP contribution in [-0.2, 0) is 9.59 Å². The van der Waals surface area contributed by atoms with Gasteiger partial charge in [-0.1, -0.05) is 19.9 Å². The van der Waals surface area contributed by atoms with Crippen molar-refractivity contribution >= 4 is 29.1 Å². The molecule has 0 aromatic carbocycles. The van der Waals surface area contributed by atoms with Gasteiger partial charge in [0.1, 0.15) is 0 Å². The molecule has 0 atom stereocenters. The van der Waals surface area contributed by atoms with E-state index in [0.717, 1.165) is 0 Å². The molecule has 0 saturated heterocycles. The zero-order valence-corrected chi connectivity index (χ0v) is 13.9. The number of nitrogens with zero attached hydrogens (tertiary/aromatic N) is 2. The summed E-state index contributed by atoms with van der Waals surface area (Å²) in [4.78, 5) is 38.6. The van der Waals surface area contributed by atoms with E-state index in [1.54, 1.807) is 24.6 Å². The third kappa shape index (κ3) is 5.85. The maximum absolute atomic E-state index is 12.3. The molecule has 22 heavy (non-hydrogen) atoms. The fourth-order valence-electron chi connectivity index (χ4n) is 1.95. The summed E-state index contributed by atoms with van der Waals surface area (Å²) in [5.41, 5.74) is 0. The van der Waals surface area contributed by atoms with Crippen molar-refractivity contribution in [1.29, 1.82) is 0 Å². The van der Waals surface area contributed by atoms with E-state index < -0.39 is 5.97 Å². The minimum absolute atomic E-state index is 0.0525. The van der Waals surface area contributed by atoms with Crippen LogP contribution in [0.4, 0.5) is 0 Å². The molecule has 0 aliphatic heterocycles. The fraction of sp³-hybridized carbons (Fsp3) is 0.533. The van der Waals surface area contributed by atoms with Crippen LogP contribution in [0, 0.1) is 5.92 Å². The monoisotopic (exact) mass is 326 g/mol. The van der Waals surface area contributed by atoms with E-state index in [4.69, 9.17) is 5.11 Å². The average Bonchev–Trinajstić information content (AvgIpc) is 2.95. The van der Waals surface area contributed by atoms with Crippen molar-refractivity contribution in [3.8, 4) is 0 Å². The molecule has 1 aromatic heterocycles. The smallest absolute Gasteiger partial charge is 0.305 e. The Morgan fingerprint density at radius 3 is 2.50 bits per heavy atom. The Labute approximate surface area is 134 Å². The minimum Gasteiger partial charge on any atom is -0.481 e. The maximum Gasteiger partial charge on any atom is 0.305 e. The number of likely N-dealkylation sites (N-methyl/N-ethyl adjacent to an activating group) is 1. The first kappa shape index (κ1) is 18.2. The van der Waals surface area contributed by atoms with Crippen molar-refractivity contribution < 1.29 is 19.5 Å². The molecule has 6 nitrogen and oxygen atoms in total. The van der Waals surface area contributed by atoms with Crippen molar-refractivity contribution in [2.45, 2.75) is 20.3 Å². The van der Waals surface area contributed by atoms with Crippen molar-refractivity contribution in [2.24, 2.45) is 5.92 Å². The lowest BCUT2D eigenvalue weighted by molar-refractivity contribution is -0.138. The van der Waals surface area contributed by atoms with Crippen molar-refractivity contribution in [3.05, 3.63) is 22.4 Å². The van der Waals surface area contributed by atoms with Gasteiger partial charge in [-0.25, -0.2) is 0 Å². The van der Waals surface area contributed by atoms with Gasteiger partial charge < -0.3 is 14.9 Å². The number of carbonyl (C=O) groups excluding carboxylic acids is 2. The Hall–Kier alpha value is -1.89. The zero-order chi connectivity index (χ0) is 16.7. The second-order valence-corrected chi connectivity index (χ2v) is 6.46. The van der Waals surface area contributed by atoms with E-state index in [1.165, 1.54) is 21.1 Å². The van der Waals surface area contributed by atoms with Crippen LogP contribution in [0.25, 0.3) is 0 Å². The summed E-state index contributed by atoms with van der Waals surface area (Å²) in [6, 6.07) is 3.50. The number of hydrogen-bond acceptors (Lipinski definition) is 4. The van der Waals surface area contributed by atoms with E-state index in [-0.39, 0.29) is 37.2 Å². The number of aliphatic carboxylic acids is 1. The number of thiophene rings is 1. The zero-order valence-electron chi connectivity index (χ0n) is 13.1. The molecule has 0 unspecified atom stereocenters. The number of rotatable bonds is 8. The third-order valence-electron chi connectivity index (χ3n) is 2.98. The topological polar surface area (TPSA) is 77.9 Å². The Morgan fingerprint density at radius 2 is 2.00 bits per heavy atom. The van der Waals surface area contributed by atoms with Crippen LogP contribution in [0.1, 0.15) is 29.9 Å². The van der Waals surface area contributed by atoms with Crippen LogP contribution < -0.4 is 0 Å². The second kappa shape index (κ2) is 8.53. The summed E-state index contributed by atoms with van der Waals surface area (Å²) >= 11 is 1.33. The lowest BCUT2D eigenvalue weighted by Crippen LogP contribution is -2.43. The molecule has 122 valence electrons. The van der Waals surface area contributed by atoms with Gasteiger partial charge in [0.2, 0.25) is 5.91 Å². The van der Waals surface area contributed by atoms with Crippen LogP contribution in [0.5, 0.6) is 0 Å². The lowest BCUT2D eigenvalue weighted by atomic mass is 10.2. The van der Waals surface area contributed by atoms with E-state index in [0.29, 0.717) is 11.4 Å². The highest BCUT2D eigenvalue weighted by atomic mass is 32.1. The van der Waals surface area contributed by atoms with Gasteiger partial charge in [-0.2, -0.15) is 0 Å². The number of carboxylic acid groups (broad SMARTS) is 1. The first-order valence-electron chi connectivity index (χ1n) is 7.09. The van der Waals surface area contributed by atoms with Crippen molar-refractivity contribution in [3.63, 3.8) is 0 Å². The van der Waals surface area contributed by atoms with Crippen molar-refractivity contribution in [1.82, 2.24) is 9.80 Å². The molecule has 1 heterocycles. The van der Waals surface area contributed by atoms with Crippen LogP contribution in [0.15, 0.2) is 17.5 Å². The van der Waals surface area contributed by atoms with Gasteiger partial charge in [0.15, 0.2) is 0 Å². The molecule has 1 rings (SSSR count). The maximum atomic E-state index is 12.3. The molecule has 0 fully saturated rings. The molecule has 0 spiro atoms. The van der Waals surface area contributed by atoms with Crippen LogP contribution in [-0.4, -0.2) is 59.4 Å². The summed E-state index contributed by atoms with van der Waals surface area (Å²) in [6.45, 7) is 4.51. The minimum atomic E-state index is -0.940. The van der Waals surface area contributed by atoms with E-state index in [1.807, 2.05) is 13.8 Å². The molecular weight excluding hydrogens is 304 g/mol. The Bertz CT molecular complexity index is 514. The van der Waals surface area contributed by atoms with Crippen LogP contribution >= 0.6 is 11.3 Å². The molecular formula is C15H22N2O4S. The largest absolute Gasteiger partial charge is 0.481 e. The number of carbonyl (C=O) groups is 3. The van der Waals surface area contributed by atoms with E-state index in [2.05, 4.69) is 0 Å². The first-order chi connectivity index (χ1) is 10.3. The quantitative estimate of drug-likeness (QED) is 0.790. The SMILES string of the molecule is CC(C)CN(CCC(=O)O)C(=O)CN(C)C(=O)c1cccs1. The van der Waals surface area contributed by atoms with Crippen LogP contribution in [0.2, 0.25) is 0 Å². The standard InChI is InChI=1S/C15H22N2O4S/c1-11(2)9-17(7-6-14(19)20)13(18)10-16(3)15(21)12-5-4-8-22-12/h4-5,8,11H,6-7,9-10H2,1-3H3,(H,19,20). The van der Waals surface area contributed by atoms with Crippen LogP contribution in [0.3, 0.4) is 0 Å². The summed E-state index contributed by atoms with van der Waals surface area (Å²) in [5.74, 6) is -1.14. The van der Waals surface area contributed by atoms with Gasteiger partial charge in [0, 0.05) is 20.1 Å². The molecule has 0 saturated carbocycles. The molecule has 7 heteroatoms. The lowest BCUT2D eigenvalue weighted by Gasteiger charge is -2.26. The highest BCUT2D eigenvalue weighted by molar-refractivity contribution is 7.12. The molecule has 0 aliphatic carbocycles. The van der Waals surface area contributed by atoms with Gasteiger partial charge in [0.25, 0.3) is 5.91 Å². The Morgan fingerprint density at radius 1 is 1.32 bits per heavy atom. The Kier molecular flexibility index (Phi) is 7.04. The van der Waals surface area contributed by atoms with Gasteiger partial charge in [0.05, 0.1) is 17.8 Å². The van der Waals surface area contributed by atoms with E-state index in [9.17, 15) is 14.4 Å². The van der Waals surface area contributed by atoms with Gasteiger partial charge in [-0.15, -0.1) is 11.3 Å². The summed E-state index contributed by atoms with van der Waals surface area (Å²) < 4.78 is 0. The van der Waals surface area contributed by atoms with Gasteiger partial charge in [-0.3, -0.25) is 14.4 Å². The normalized spacial score (nSPS) is 10.5. The third-order valence-corrected chi connectivity index (χ3v) is 3.84.